The number of hydrogen-bond acceptors (Lipinski definition) is 2. The van der Waals surface area contributed by atoms with Crippen molar-refractivity contribution in [1.29, 1.82) is 0 Å². The van der Waals surface area contributed by atoms with Crippen molar-refractivity contribution in [3.63, 3.8) is 0 Å². The molecule has 2 aliphatic carbocycles. The van der Waals surface area contributed by atoms with Gasteiger partial charge in [0.25, 0.3) is 0 Å². The Morgan fingerprint density at radius 1 is 1.00 bits per heavy atom. The number of aliphatic hydroxyl groups excluding tert-OH is 1. The molecule has 0 bridgehead atoms. The van der Waals surface area contributed by atoms with Crippen molar-refractivity contribution in [3.8, 4) is 0 Å². The smallest absolute Gasteiger partial charge is 0.391 e. The van der Waals surface area contributed by atoms with Crippen LogP contribution in [-0.4, -0.2) is 29.5 Å². The fourth-order valence-corrected chi connectivity index (χ4v) is 3.82. The lowest BCUT2D eigenvalue weighted by Crippen LogP contribution is -2.56. The first kappa shape index (κ1) is 16.1. The van der Waals surface area contributed by atoms with Crippen LogP contribution in [0.3, 0.4) is 0 Å². The van der Waals surface area contributed by atoms with Gasteiger partial charge in [0.15, 0.2) is 0 Å². The molecule has 0 amide bonds. The quantitative estimate of drug-likeness (QED) is 0.776. The summed E-state index contributed by atoms with van der Waals surface area (Å²) in [5.74, 6) is -1.26. The molecule has 0 spiro atoms. The normalized spacial score (nSPS) is 33.9. The van der Waals surface area contributed by atoms with Crippen molar-refractivity contribution < 1.29 is 18.3 Å². The second-order valence-corrected chi connectivity index (χ2v) is 6.61. The van der Waals surface area contributed by atoms with Gasteiger partial charge in [0.05, 0.1) is 12.5 Å². The Balaban J connectivity index is 2.00. The van der Waals surface area contributed by atoms with E-state index in [1.54, 1.807) is 0 Å². The van der Waals surface area contributed by atoms with E-state index in [4.69, 9.17) is 0 Å². The van der Waals surface area contributed by atoms with Crippen molar-refractivity contribution in [2.24, 2.45) is 5.92 Å². The summed E-state index contributed by atoms with van der Waals surface area (Å²) in [6, 6.07) is 0.275. The lowest BCUT2D eigenvalue weighted by atomic mass is 9.75. The lowest BCUT2D eigenvalue weighted by molar-refractivity contribution is -0.190. The average Bonchev–Trinajstić information content (AvgIpc) is 2.66. The number of rotatable bonds is 3. The van der Waals surface area contributed by atoms with Gasteiger partial charge < -0.3 is 10.4 Å². The maximum Gasteiger partial charge on any atom is 0.391 e. The number of alkyl halides is 3. The van der Waals surface area contributed by atoms with Crippen molar-refractivity contribution in [2.75, 3.05) is 6.61 Å². The number of hydrogen-bond donors (Lipinski definition) is 2. The SMILES string of the molecule is OCC1(NC2CCCCCC2)CCCC(C(F)(F)F)C1. The Kier molecular flexibility index (Phi) is 5.35. The molecule has 0 heterocycles. The monoisotopic (exact) mass is 293 g/mol. The maximum atomic E-state index is 13.0. The molecule has 2 rings (SSSR count). The molecule has 2 atom stereocenters. The van der Waals surface area contributed by atoms with Crippen molar-refractivity contribution >= 4 is 0 Å². The predicted octanol–water partition coefficient (Wildman–Crippen LogP) is 3.78. The molecule has 2 nitrogen and oxygen atoms in total. The summed E-state index contributed by atoms with van der Waals surface area (Å²) in [5, 5.41) is 13.1. The third kappa shape index (κ3) is 4.10. The van der Waals surface area contributed by atoms with Crippen LogP contribution < -0.4 is 5.32 Å². The first-order valence-electron chi connectivity index (χ1n) is 7.90. The fourth-order valence-electron chi connectivity index (χ4n) is 3.82. The molecule has 118 valence electrons. The van der Waals surface area contributed by atoms with Crippen LogP contribution in [-0.2, 0) is 0 Å². The van der Waals surface area contributed by atoms with Crippen LogP contribution in [0.2, 0.25) is 0 Å². The summed E-state index contributed by atoms with van der Waals surface area (Å²) in [5.41, 5.74) is -0.715. The molecule has 0 radical (unpaired) electrons. The van der Waals surface area contributed by atoms with E-state index in [9.17, 15) is 18.3 Å². The minimum Gasteiger partial charge on any atom is -0.394 e. The van der Waals surface area contributed by atoms with Crippen LogP contribution in [0, 0.1) is 5.92 Å². The van der Waals surface area contributed by atoms with Gasteiger partial charge in [-0.2, -0.15) is 13.2 Å². The molecule has 0 aromatic carbocycles. The van der Waals surface area contributed by atoms with Gasteiger partial charge in [-0.15, -0.1) is 0 Å². The predicted molar refractivity (Wildman–Crippen MR) is 72.5 cm³/mol. The molecule has 2 unspecified atom stereocenters. The van der Waals surface area contributed by atoms with E-state index in [0.29, 0.717) is 12.8 Å². The van der Waals surface area contributed by atoms with E-state index in [-0.39, 0.29) is 25.5 Å². The van der Waals surface area contributed by atoms with Crippen molar-refractivity contribution in [3.05, 3.63) is 0 Å². The summed E-state index contributed by atoms with van der Waals surface area (Å²) < 4.78 is 38.9. The van der Waals surface area contributed by atoms with Crippen LogP contribution >= 0.6 is 0 Å². The van der Waals surface area contributed by atoms with E-state index in [0.717, 1.165) is 25.7 Å². The minimum absolute atomic E-state index is 0.0312. The van der Waals surface area contributed by atoms with E-state index >= 15 is 0 Å². The minimum atomic E-state index is -4.13. The molecule has 2 fully saturated rings. The second kappa shape index (κ2) is 6.65. The topological polar surface area (TPSA) is 32.3 Å². The number of halogens is 3. The van der Waals surface area contributed by atoms with Crippen LogP contribution in [0.5, 0.6) is 0 Å². The number of nitrogens with one attached hydrogen (secondary N) is 1. The summed E-state index contributed by atoms with van der Waals surface area (Å²) in [6.45, 7) is -0.184. The van der Waals surface area contributed by atoms with E-state index < -0.39 is 17.6 Å². The Morgan fingerprint density at radius 3 is 2.20 bits per heavy atom. The summed E-state index contributed by atoms with van der Waals surface area (Å²) in [6.07, 6.45) is 4.08. The standard InChI is InChI=1S/C15H26F3NO/c16-15(17,18)12-6-5-9-14(10-12,11-20)19-13-7-3-1-2-4-8-13/h12-13,19-20H,1-11H2. The van der Waals surface area contributed by atoms with Crippen molar-refractivity contribution in [1.82, 2.24) is 5.32 Å². The van der Waals surface area contributed by atoms with Gasteiger partial charge in [-0.05, 0) is 32.1 Å². The Hall–Kier alpha value is -0.290. The average molecular weight is 293 g/mol. The molecule has 2 saturated carbocycles. The highest BCUT2D eigenvalue weighted by Gasteiger charge is 2.47. The molecule has 0 aromatic heterocycles. The first-order chi connectivity index (χ1) is 9.45. The van der Waals surface area contributed by atoms with Crippen LogP contribution in [0.25, 0.3) is 0 Å². The fraction of sp³-hybridized carbons (Fsp3) is 1.00. The zero-order valence-electron chi connectivity index (χ0n) is 12.0. The zero-order valence-corrected chi connectivity index (χ0v) is 12.0. The Bertz CT molecular complexity index is 300. The van der Waals surface area contributed by atoms with Crippen LogP contribution in [0.15, 0.2) is 0 Å². The van der Waals surface area contributed by atoms with Crippen LogP contribution in [0.4, 0.5) is 13.2 Å². The molecular formula is C15H26F3NO. The van der Waals surface area contributed by atoms with Gasteiger partial charge >= 0.3 is 6.18 Å². The summed E-state index contributed by atoms with van der Waals surface area (Å²) in [7, 11) is 0. The third-order valence-corrected chi connectivity index (χ3v) is 4.98. The molecule has 2 N–H and O–H groups in total. The highest BCUT2D eigenvalue weighted by Crippen LogP contribution is 2.42. The maximum absolute atomic E-state index is 13.0. The summed E-state index contributed by atoms with van der Waals surface area (Å²) in [4.78, 5) is 0. The van der Waals surface area contributed by atoms with E-state index in [1.807, 2.05) is 0 Å². The second-order valence-electron chi connectivity index (χ2n) is 6.61. The van der Waals surface area contributed by atoms with Gasteiger partial charge in [-0.3, -0.25) is 0 Å². The first-order valence-corrected chi connectivity index (χ1v) is 7.90. The van der Waals surface area contributed by atoms with Crippen molar-refractivity contribution in [2.45, 2.75) is 82.0 Å². The highest BCUT2D eigenvalue weighted by molar-refractivity contribution is 4.97. The summed E-state index contributed by atoms with van der Waals surface area (Å²) >= 11 is 0. The highest BCUT2D eigenvalue weighted by atomic mass is 19.4. The van der Waals surface area contributed by atoms with Gasteiger partial charge in [0.1, 0.15) is 0 Å². The molecule has 0 saturated heterocycles. The largest absolute Gasteiger partial charge is 0.394 e. The zero-order chi connectivity index (χ0) is 14.6. The molecular weight excluding hydrogens is 267 g/mol. The number of aliphatic hydroxyl groups is 1. The molecule has 0 aromatic rings. The lowest BCUT2D eigenvalue weighted by Gasteiger charge is -2.43. The van der Waals surface area contributed by atoms with E-state index in [2.05, 4.69) is 5.32 Å². The van der Waals surface area contributed by atoms with Crippen LogP contribution in [0.1, 0.15) is 64.2 Å². The van der Waals surface area contributed by atoms with Gasteiger partial charge in [-0.25, -0.2) is 0 Å². The molecule has 20 heavy (non-hydrogen) atoms. The Morgan fingerprint density at radius 2 is 1.65 bits per heavy atom. The molecule has 0 aliphatic heterocycles. The van der Waals surface area contributed by atoms with E-state index in [1.165, 1.54) is 12.8 Å². The third-order valence-electron chi connectivity index (χ3n) is 4.98. The van der Waals surface area contributed by atoms with Gasteiger partial charge in [0, 0.05) is 11.6 Å². The molecule has 5 heteroatoms. The van der Waals surface area contributed by atoms with Gasteiger partial charge in [-0.1, -0.05) is 32.1 Å². The molecule has 2 aliphatic rings. The Labute approximate surface area is 119 Å². The van der Waals surface area contributed by atoms with Gasteiger partial charge in [0.2, 0.25) is 0 Å².